The van der Waals surface area contributed by atoms with Crippen LogP contribution in [0, 0.1) is 17.0 Å². The third-order valence-electron chi connectivity index (χ3n) is 2.16. The van der Waals surface area contributed by atoms with Crippen LogP contribution in [-0.4, -0.2) is 24.2 Å². The highest BCUT2D eigenvalue weighted by atomic mass is 16.6. The fourth-order valence-corrected chi connectivity index (χ4v) is 1.46. The van der Waals surface area contributed by atoms with Crippen LogP contribution in [0.3, 0.4) is 0 Å². The number of rotatable bonds is 6. The summed E-state index contributed by atoms with van der Waals surface area (Å²) in [6.45, 7) is 7.00. The van der Waals surface area contributed by atoms with E-state index in [0.717, 1.165) is 11.3 Å². The van der Waals surface area contributed by atoms with Crippen molar-refractivity contribution in [1.29, 1.82) is 0 Å². The van der Waals surface area contributed by atoms with Gasteiger partial charge >= 0.3 is 0 Å². The first-order chi connectivity index (χ1) is 7.99. The van der Waals surface area contributed by atoms with E-state index in [-0.39, 0.29) is 16.7 Å². The fraction of sp³-hybridized carbons (Fsp3) is 0.500. The molecule has 1 rings (SSSR count). The van der Waals surface area contributed by atoms with E-state index in [4.69, 9.17) is 4.74 Å². The Kier molecular flexibility index (Phi) is 4.90. The number of nitro benzene ring substituents is 1. The van der Waals surface area contributed by atoms with Gasteiger partial charge in [-0.3, -0.25) is 10.1 Å². The molecule has 1 N–H and O–H groups in total. The fourth-order valence-electron chi connectivity index (χ4n) is 1.46. The van der Waals surface area contributed by atoms with E-state index in [1.165, 1.54) is 6.07 Å². The molecule has 0 heterocycles. The Morgan fingerprint density at radius 3 is 2.71 bits per heavy atom. The van der Waals surface area contributed by atoms with Crippen molar-refractivity contribution in [1.82, 2.24) is 0 Å². The van der Waals surface area contributed by atoms with Crippen molar-refractivity contribution >= 4 is 11.4 Å². The normalized spacial score (nSPS) is 10.6. The third kappa shape index (κ3) is 4.82. The molecule has 5 heteroatoms. The molecular weight excluding hydrogens is 220 g/mol. The van der Waals surface area contributed by atoms with Crippen LogP contribution < -0.4 is 5.32 Å². The predicted molar refractivity (Wildman–Crippen MR) is 67.4 cm³/mol. The molecule has 94 valence electrons. The van der Waals surface area contributed by atoms with Crippen molar-refractivity contribution < 1.29 is 9.66 Å². The average Bonchev–Trinajstić information content (AvgIpc) is 2.23. The largest absolute Gasteiger partial charge is 0.383 e. The Morgan fingerprint density at radius 1 is 1.41 bits per heavy atom. The molecule has 1 aromatic carbocycles. The molecule has 17 heavy (non-hydrogen) atoms. The second-order valence-electron chi connectivity index (χ2n) is 4.16. The summed E-state index contributed by atoms with van der Waals surface area (Å²) in [7, 11) is 0. The Labute approximate surface area is 101 Å². The minimum absolute atomic E-state index is 0.109. The molecule has 0 aromatic heterocycles. The molecule has 5 nitrogen and oxygen atoms in total. The van der Waals surface area contributed by atoms with Gasteiger partial charge in [-0.2, -0.15) is 0 Å². The first-order valence-corrected chi connectivity index (χ1v) is 5.60. The van der Waals surface area contributed by atoms with Crippen LogP contribution in [0.4, 0.5) is 11.4 Å². The average molecular weight is 238 g/mol. The smallest absolute Gasteiger partial charge is 0.271 e. The summed E-state index contributed by atoms with van der Waals surface area (Å²) in [4.78, 5) is 10.3. The SMILES string of the molecule is Cc1cc(NCCOC(C)C)cc([N+](=O)[O-])c1. The number of nitrogens with zero attached hydrogens (tertiary/aromatic N) is 1. The molecule has 0 amide bonds. The van der Waals surface area contributed by atoms with E-state index >= 15 is 0 Å². The highest BCUT2D eigenvalue weighted by Gasteiger charge is 2.07. The maximum absolute atomic E-state index is 10.7. The Bertz CT molecular complexity index is 391. The van der Waals surface area contributed by atoms with Gasteiger partial charge in [0.25, 0.3) is 5.69 Å². The molecule has 0 spiro atoms. The standard InChI is InChI=1S/C12H18N2O3/c1-9(2)17-5-4-13-11-6-10(3)7-12(8-11)14(15)16/h6-9,13H,4-5H2,1-3H3. The summed E-state index contributed by atoms with van der Waals surface area (Å²) in [6.07, 6.45) is 0.198. The molecular formula is C12H18N2O3. The van der Waals surface area contributed by atoms with E-state index in [0.29, 0.717) is 13.2 Å². The van der Waals surface area contributed by atoms with E-state index in [1.807, 2.05) is 26.8 Å². The van der Waals surface area contributed by atoms with Gasteiger partial charge in [0.05, 0.1) is 17.6 Å². The number of nitrogens with one attached hydrogen (secondary N) is 1. The van der Waals surface area contributed by atoms with Crippen LogP contribution in [0.15, 0.2) is 18.2 Å². The zero-order valence-electron chi connectivity index (χ0n) is 10.4. The summed E-state index contributed by atoms with van der Waals surface area (Å²) < 4.78 is 5.38. The second kappa shape index (κ2) is 6.20. The first-order valence-electron chi connectivity index (χ1n) is 5.60. The van der Waals surface area contributed by atoms with Crippen molar-refractivity contribution in [2.75, 3.05) is 18.5 Å². The number of benzene rings is 1. The number of nitro groups is 1. The van der Waals surface area contributed by atoms with Gasteiger partial charge in [0, 0.05) is 24.4 Å². The second-order valence-corrected chi connectivity index (χ2v) is 4.16. The van der Waals surface area contributed by atoms with Crippen molar-refractivity contribution in [3.63, 3.8) is 0 Å². The van der Waals surface area contributed by atoms with E-state index in [1.54, 1.807) is 6.07 Å². The number of hydrogen-bond acceptors (Lipinski definition) is 4. The molecule has 1 aromatic rings. The van der Waals surface area contributed by atoms with Crippen LogP contribution in [0.1, 0.15) is 19.4 Å². The zero-order chi connectivity index (χ0) is 12.8. The zero-order valence-corrected chi connectivity index (χ0v) is 10.4. The number of ether oxygens (including phenoxy) is 1. The van der Waals surface area contributed by atoms with E-state index < -0.39 is 0 Å². The van der Waals surface area contributed by atoms with Gasteiger partial charge in [-0.05, 0) is 32.4 Å². The van der Waals surface area contributed by atoms with Gasteiger partial charge in [0.1, 0.15) is 0 Å². The highest BCUT2D eigenvalue weighted by Crippen LogP contribution is 2.20. The molecule has 0 aliphatic rings. The van der Waals surface area contributed by atoms with Gasteiger partial charge in [-0.25, -0.2) is 0 Å². The van der Waals surface area contributed by atoms with Gasteiger partial charge < -0.3 is 10.1 Å². The molecule has 0 aliphatic carbocycles. The van der Waals surface area contributed by atoms with Gasteiger partial charge in [0.15, 0.2) is 0 Å². The van der Waals surface area contributed by atoms with Crippen LogP contribution in [0.5, 0.6) is 0 Å². The maximum Gasteiger partial charge on any atom is 0.271 e. The summed E-state index contributed by atoms with van der Waals surface area (Å²) in [6, 6.07) is 4.96. The lowest BCUT2D eigenvalue weighted by atomic mass is 10.2. The summed E-state index contributed by atoms with van der Waals surface area (Å²) >= 11 is 0. The quantitative estimate of drug-likeness (QED) is 0.470. The lowest BCUT2D eigenvalue weighted by Gasteiger charge is -2.10. The van der Waals surface area contributed by atoms with Crippen molar-refractivity contribution in [3.8, 4) is 0 Å². The summed E-state index contributed by atoms with van der Waals surface area (Å²) in [5.74, 6) is 0. The van der Waals surface area contributed by atoms with Crippen LogP contribution in [0.25, 0.3) is 0 Å². The molecule has 0 radical (unpaired) electrons. The topological polar surface area (TPSA) is 64.4 Å². The minimum Gasteiger partial charge on any atom is -0.383 e. The highest BCUT2D eigenvalue weighted by molar-refractivity contribution is 5.53. The third-order valence-corrected chi connectivity index (χ3v) is 2.16. The van der Waals surface area contributed by atoms with Crippen molar-refractivity contribution in [2.45, 2.75) is 26.9 Å². The summed E-state index contributed by atoms with van der Waals surface area (Å²) in [5.41, 5.74) is 1.73. The van der Waals surface area contributed by atoms with Crippen molar-refractivity contribution in [2.24, 2.45) is 0 Å². The van der Waals surface area contributed by atoms with Gasteiger partial charge in [-0.15, -0.1) is 0 Å². The van der Waals surface area contributed by atoms with Crippen molar-refractivity contribution in [3.05, 3.63) is 33.9 Å². The summed E-state index contributed by atoms with van der Waals surface area (Å²) in [5, 5.41) is 13.8. The Morgan fingerprint density at radius 2 is 2.12 bits per heavy atom. The molecule has 0 fully saturated rings. The Balaban J connectivity index is 2.56. The number of hydrogen-bond donors (Lipinski definition) is 1. The number of aryl methyl sites for hydroxylation is 1. The molecule has 0 saturated carbocycles. The molecule has 0 unspecified atom stereocenters. The Hall–Kier alpha value is -1.62. The number of non-ortho nitro benzene ring substituents is 1. The first kappa shape index (κ1) is 13.4. The molecule has 0 atom stereocenters. The number of anilines is 1. The lowest BCUT2D eigenvalue weighted by molar-refractivity contribution is -0.384. The monoisotopic (exact) mass is 238 g/mol. The molecule has 0 aliphatic heterocycles. The van der Waals surface area contributed by atoms with Crippen LogP contribution >= 0.6 is 0 Å². The van der Waals surface area contributed by atoms with Gasteiger partial charge in [-0.1, -0.05) is 0 Å². The molecule has 0 bridgehead atoms. The molecule has 0 saturated heterocycles. The minimum atomic E-state index is -0.386. The lowest BCUT2D eigenvalue weighted by Crippen LogP contribution is -2.13. The van der Waals surface area contributed by atoms with E-state index in [2.05, 4.69) is 5.32 Å². The van der Waals surface area contributed by atoms with Crippen LogP contribution in [-0.2, 0) is 4.74 Å². The van der Waals surface area contributed by atoms with E-state index in [9.17, 15) is 10.1 Å². The van der Waals surface area contributed by atoms with Gasteiger partial charge in [0.2, 0.25) is 0 Å². The van der Waals surface area contributed by atoms with Crippen LogP contribution in [0.2, 0.25) is 0 Å². The predicted octanol–water partition coefficient (Wildman–Crippen LogP) is 2.74. The maximum atomic E-state index is 10.7.